The number of halogens is 4. The molecule has 38 valence electrons. The Labute approximate surface area is 111 Å². The van der Waals surface area contributed by atoms with Crippen molar-refractivity contribution in [1.29, 1.82) is 0 Å². The minimum absolute atomic E-state index is 0. The molecule has 0 aromatic rings. The third kappa shape index (κ3) is 18.6. The van der Waals surface area contributed by atoms with Crippen LogP contribution in [0.5, 0.6) is 0 Å². The normalized spacial score (nSPS) is 0. The largest absolute Gasteiger partial charge is 0.187 e. The van der Waals surface area contributed by atoms with Crippen molar-refractivity contribution < 1.29 is 0 Å². The Hall–Kier alpha value is 3.45. The van der Waals surface area contributed by atoms with Crippen LogP contribution in [-0.2, 0) is 0 Å². The van der Waals surface area contributed by atoms with Crippen molar-refractivity contribution in [2.24, 2.45) is 0 Å². The van der Waals surface area contributed by atoms with E-state index in [1.54, 1.807) is 0 Å². The van der Waals surface area contributed by atoms with Gasteiger partial charge in [0, 0.05) is 0 Å². The molecule has 0 aromatic heterocycles. The van der Waals surface area contributed by atoms with Crippen LogP contribution in [0.2, 0.25) is 0 Å². The lowest BCUT2D eigenvalue weighted by atomic mass is 27.0. The second kappa shape index (κ2) is 26.0. The van der Waals surface area contributed by atoms with E-state index in [0.717, 1.165) is 0 Å². The van der Waals surface area contributed by atoms with E-state index < -0.39 is 0 Å². The highest BCUT2D eigenvalue weighted by Crippen LogP contribution is 0.889. The fourth-order valence-corrected chi connectivity index (χ4v) is 0. The van der Waals surface area contributed by atoms with E-state index in [9.17, 15) is 0 Å². The summed E-state index contributed by atoms with van der Waals surface area (Å²) >= 11 is 0. The Bertz CT molecular complexity index is 3.61. The van der Waals surface area contributed by atoms with Crippen LogP contribution in [-0.4, -0.2) is 17.4 Å². The Kier molecular flexibility index (Phi) is 205. The second-order valence-electron chi connectivity index (χ2n) is 0. The molecule has 5 heavy (non-hydrogen) atoms. The summed E-state index contributed by atoms with van der Waals surface area (Å²) in [6.45, 7) is 0. The molecule has 0 aliphatic carbocycles. The van der Waals surface area contributed by atoms with E-state index in [0.29, 0.717) is 0 Å². The molecular weight excluding hydrogens is 535 g/mol. The molecule has 0 amide bonds. The van der Waals surface area contributed by atoms with Gasteiger partial charge in [-0.15, -0.1) is 95.9 Å². The molecule has 0 aliphatic heterocycles. The zero-order valence-electron chi connectivity index (χ0n) is 1.63. The van der Waals surface area contributed by atoms with Crippen molar-refractivity contribution in [2.45, 2.75) is 0 Å². The highest BCUT2D eigenvalue weighted by atomic mass is 127. The van der Waals surface area contributed by atoms with Gasteiger partial charge in [-0.2, -0.15) is 0 Å². The molecule has 5 heteroatoms. The zero-order chi connectivity index (χ0) is 0. The van der Waals surface area contributed by atoms with Gasteiger partial charge >= 0.3 is 0 Å². The van der Waals surface area contributed by atoms with Crippen LogP contribution >= 0.6 is 95.9 Å². The van der Waals surface area contributed by atoms with Gasteiger partial charge in [0.15, 0.2) is 17.4 Å². The van der Waals surface area contributed by atoms with Crippen LogP contribution < -0.4 is 0 Å². The summed E-state index contributed by atoms with van der Waals surface area (Å²) in [5, 5.41) is 0. The molecule has 0 aliphatic rings. The van der Waals surface area contributed by atoms with Crippen LogP contribution in [0.4, 0.5) is 0 Å². The third-order valence-corrected chi connectivity index (χ3v) is 0. The molecule has 0 aromatic carbocycles. The average Bonchev–Trinajstić information content (AvgIpc) is 0. The van der Waals surface area contributed by atoms with Gasteiger partial charge in [0.1, 0.15) is 0 Å². The van der Waals surface area contributed by atoms with E-state index in [4.69, 9.17) is 0 Å². The van der Waals surface area contributed by atoms with Crippen LogP contribution in [0.25, 0.3) is 0 Å². The smallest absolute Gasteiger partial charge is 0.107 e. The Morgan fingerprint density at radius 3 is 0.400 bits per heavy atom. The standard InChI is InChI=1S/Al.4HI.3H/h;4*1H;;;. The molecule has 0 spiro atoms. The molecule has 0 unspecified atom stereocenters. The average molecular weight is 542 g/mol. The Balaban J connectivity index is 0. The van der Waals surface area contributed by atoms with E-state index in [1.165, 1.54) is 0 Å². The molecule has 0 N–H and O–H groups in total. The van der Waals surface area contributed by atoms with Gasteiger partial charge in [-0.25, -0.2) is 0 Å². The molecule has 0 heterocycles. The van der Waals surface area contributed by atoms with Gasteiger partial charge < -0.3 is 0 Å². The lowest BCUT2D eigenvalue weighted by molar-refractivity contribution is 5.75. The first-order valence-electron chi connectivity index (χ1n) is 0. The van der Waals surface area contributed by atoms with Crippen LogP contribution in [0.1, 0.15) is 0 Å². The fourth-order valence-electron chi connectivity index (χ4n) is 0. The lowest BCUT2D eigenvalue weighted by Gasteiger charge is -0.108. The molecule has 0 bridgehead atoms. The van der Waals surface area contributed by atoms with E-state index >= 15 is 0 Å². The second-order valence-corrected chi connectivity index (χ2v) is 0. The van der Waals surface area contributed by atoms with Crippen LogP contribution in [0.15, 0.2) is 0 Å². The third-order valence-electron chi connectivity index (χ3n) is 0. The Morgan fingerprint density at radius 1 is 0.400 bits per heavy atom. The van der Waals surface area contributed by atoms with E-state index in [1.807, 2.05) is 0 Å². The molecule has 0 atom stereocenters. The molecule has 0 rings (SSSR count). The monoisotopic (exact) mass is 542 g/mol. The van der Waals surface area contributed by atoms with Crippen molar-refractivity contribution in [3.8, 4) is 0 Å². The van der Waals surface area contributed by atoms with Crippen molar-refractivity contribution >= 4 is 113 Å². The molecule has 0 radical (unpaired) electrons. The molecule has 0 nitrogen and oxygen atoms in total. The summed E-state index contributed by atoms with van der Waals surface area (Å²) in [6.07, 6.45) is 0. The minimum Gasteiger partial charge on any atom is -0.107 e. The summed E-state index contributed by atoms with van der Waals surface area (Å²) in [5.41, 5.74) is 0. The first kappa shape index (κ1) is 39.4. The maximum absolute atomic E-state index is 0. The van der Waals surface area contributed by atoms with Crippen molar-refractivity contribution in [3.63, 3.8) is 0 Å². The Morgan fingerprint density at radius 2 is 0.400 bits per heavy atom. The van der Waals surface area contributed by atoms with Gasteiger partial charge in [-0.3, -0.25) is 0 Å². The number of rotatable bonds is 0. The van der Waals surface area contributed by atoms with Gasteiger partial charge in [-0.1, -0.05) is 0 Å². The highest BCUT2D eigenvalue weighted by Gasteiger charge is 0.187. The SMILES string of the molecule is I.I.I.I.[AlH3]. The predicted octanol–water partition coefficient (Wildman–Crippen LogP) is 1.29. The summed E-state index contributed by atoms with van der Waals surface area (Å²) in [4.78, 5) is 0. The topological polar surface area (TPSA) is 0 Å². The van der Waals surface area contributed by atoms with Crippen LogP contribution in [0.3, 0.4) is 0 Å². The van der Waals surface area contributed by atoms with Gasteiger partial charge in [0.2, 0.25) is 0 Å². The van der Waals surface area contributed by atoms with Crippen LogP contribution in [0, 0.1) is 0 Å². The molecular formula is H7AlI4. The van der Waals surface area contributed by atoms with Gasteiger partial charge in [-0.05, 0) is 0 Å². The maximum atomic E-state index is 0. The minimum atomic E-state index is 0. The van der Waals surface area contributed by atoms with Crippen molar-refractivity contribution in [1.82, 2.24) is 0 Å². The molecule has 0 saturated heterocycles. The maximum Gasteiger partial charge on any atom is 0.187 e. The number of hydrogen-bond donors (Lipinski definition) is 0. The predicted molar refractivity (Wildman–Crippen MR) is 71.6 cm³/mol. The van der Waals surface area contributed by atoms with Crippen molar-refractivity contribution in [3.05, 3.63) is 0 Å². The summed E-state index contributed by atoms with van der Waals surface area (Å²) in [7, 11) is 0. The van der Waals surface area contributed by atoms with Crippen molar-refractivity contribution in [2.75, 3.05) is 0 Å². The van der Waals surface area contributed by atoms with Gasteiger partial charge in [0.25, 0.3) is 0 Å². The summed E-state index contributed by atoms with van der Waals surface area (Å²) in [6, 6.07) is 0. The van der Waals surface area contributed by atoms with E-state index in [2.05, 4.69) is 0 Å². The molecule has 0 saturated carbocycles. The first-order chi connectivity index (χ1) is 0. The number of hydrogen-bond acceptors (Lipinski definition) is 0. The van der Waals surface area contributed by atoms with Gasteiger partial charge in [0.05, 0.1) is 0 Å². The van der Waals surface area contributed by atoms with E-state index in [-0.39, 0.29) is 113 Å². The summed E-state index contributed by atoms with van der Waals surface area (Å²) in [5.74, 6) is 0. The molecule has 0 fully saturated rings. The lowest BCUT2D eigenvalue weighted by Crippen LogP contribution is -0.381. The fraction of sp³-hybridized carbons (Fsp3) is 0. The summed E-state index contributed by atoms with van der Waals surface area (Å²) < 4.78 is 0. The zero-order valence-corrected chi connectivity index (χ0v) is 11.0. The highest BCUT2D eigenvalue weighted by molar-refractivity contribution is 14.0. The quantitative estimate of drug-likeness (QED) is 0.321. The first-order valence-corrected chi connectivity index (χ1v) is 0.